The maximum absolute atomic E-state index is 12.6. The molecule has 1 unspecified atom stereocenters. The highest BCUT2D eigenvalue weighted by Crippen LogP contribution is 2.29. The molecule has 1 saturated heterocycles. The second kappa shape index (κ2) is 10.3. The van der Waals surface area contributed by atoms with Crippen molar-refractivity contribution < 1.29 is 9.53 Å². The Kier molecular flexibility index (Phi) is 7.85. The van der Waals surface area contributed by atoms with Crippen LogP contribution in [-0.2, 0) is 9.53 Å². The third-order valence-corrected chi connectivity index (χ3v) is 6.07. The Bertz CT molecular complexity index is 755. The molecule has 2 aromatic rings. The van der Waals surface area contributed by atoms with E-state index in [4.69, 9.17) is 27.9 Å². The summed E-state index contributed by atoms with van der Waals surface area (Å²) in [7, 11) is 0. The second-order valence-corrected chi connectivity index (χ2v) is 8.17. The molecule has 144 valence electrons. The van der Waals surface area contributed by atoms with Gasteiger partial charge in [0.2, 0.25) is 5.91 Å². The molecule has 1 heterocycles. The lowest BCUT2D eigenvalue weighted by Gasteiger charge is -2.31. The summed E-state index contributed by atoms with van der Waals surface area (Å²) in [5.41, 5.74) is 1.10. The highest BCUT2D eigenvalue weighted by atomic mass is 35.5. The Morgan fingerprint density at radius 2 is 1.89 bits per heavy atom. The van der Waals surface area contributed by atoms with E-state index in [2.05, 4.69) is 10.2 Å². The molecule has 27 heavy (non-hydrogen) atoms. The molecule has 0 aliphatic carbocycles. The normalized spacial score (nSPS) is 16.1. The lowest BCUT2D eigenvalue weighted by Crippen LogP contribution is -2.43. The summed E-state index contributed by atoms with van der Waals surface area (Å²) in [6.45, 7) is 4.00. The summed E-state index contributed by atoms with van der Waals surface area (Å²) in [5.74, 6) is 0.255. The molecule has 1 amide bonds. The Morgan fingerprint density at radius 3 is 2.63 bits per heavy atom. The number of hydrogen-bond donors (Lipinski definition) is 1. The molecule has 0 aromatic heterocycles. The van der Waals surface area contributed by atoms with E-state index in [1.807, 2.05) is 30.3 Å². The molecule has 7 heteroatoms. The van der Waals surface area contributed by atoms with Crippen LogP contribution >= 0.6 is 35.0 Å². The zero-order valence-corrected chi connectivity index (χ0v) is 17.2. The van der Waals surface area contributed by atoms with Gasteiger partial charge in [0.05, 0.1) is 30.0 Å². The van der Waals surface area contributed by atoms with Crippen LogP contribution in [0.25, 0.3) is 0 Å². The third kappa shape index (κ3) is 6.40. The third-order valence-electron chi connectivity index (χ3n) is 4.33. The first kappa shape index (κ1) is 20.5. The molecular formula is C20H22Cl2N2O2S. The topological polar surface area (TPSA) is 41.6 Å². The first-order valence-electron chi connectivity index (χ1n) is 8.84. The SMILES string of the molecule is O=C(CSc1cc(Cl)ccc1Cl)NC(CN1CCOCC1)c1ccccc1. The number of nitrogens with zero attached hydrogens (tertiary/aromatic N) is 1. The van der Waals surface area contributed by atoms with E-state index in [1.165, 1.54) is 11.8 Å². The van der Waals surface area contributed by atoms with Gasteiger partial charge in [0.15, 0.2) is 0 Å². The second-order valence-electron chi connectivity index (χ2n) is 6.31. The fourth-order valence-corrected chi connectivity index (χ4v) is 4.23. The zero-order valence-electron chi connectivity index (χ0n) is 14.9. The molecule has 1 N–H and O–H groups in total. The highest BCUT2D eigenvalue weighted by Gasteiger charge is 2.20. The number of carbonyl (C=O) groups excluding carboxylic acids is 1. The summed E-state index contributed by atoms with van der Waals surface area (Å²) >= 11 is 13.6. The van der Waals surface area contributed by atoms with Crippen LogP contribution in [0.15, 0.2) is 53.4 Å². The fourth-order valence-electron chi connectivity index (χ4n) is 2.93. The number of thioether (sulfide) groups is 1. The smallest absolute Gasteiger partial charge is 0.230 e. The molecule has 0 saturated carbocycles. The van der Waals surface area contributed by atoms with Crippen molar-refractivity contribution in [3.8, 4) is 0 Å². The summed E-state index contributed by atoms with van der Waals surface area (Å²) in [4.78, 5) is 15.7. The standard InChI is InChI=1S/C20H22Cl2N2O2S/c21-16-6-7-17(22)19(12-16)27-14-20(25)23-18(15-4-2-1-3-5-15)13-24-8-10-26-11-9-24/h1-7,12,18H,8-11,13-14H2,(H,23,25). The van der Waals surface area contributed by atoms with Crippen molar-refractivity contribution in [2.75, 3.05) is 38.6 Å². The van der Waals surface area contributed by atoms with Crippen LogP contribution in [0.1, 0.15) is 11.6 Å². The van der Waals surface area contributed by atoms with Crippen LogP contribution in [-0.4, -0.2) is 49.4 Å². The van der Waals surface area contributed by atoms with E-state index >= 15 is 0 Å². The molecule has 1 atom stereocenters. The zero-order chi connectivity index (χ0) is 19.1. The lowest BCUT2D eigenvalue weighted by molar-refractivity contribution is -0.119. The quantitative estimate of drug-likeness (QED) is 0.673. The minimum absolute atomic E-state index is 0.0295. The van der Waals surface area contributed by atoms with Crippen LogP contribution < -0.4 is 5.32 Å². The average molecular weight is 425 g/mol. The van der Waals surface area contributed by atoms with Gasteiger partial charge in [-0.05, 0) is 23.8 Å². The predicted molar refractivity (Wildman–Crippen MR) is 112 cm³/mol. The van der Waals surface area contributed by atoms with E-state index in [0.717, 1.165) is 43.3 Å². The monoisotopic (exact) mass is 424 g/mol. The first-order valence-corrected chi connectivity index (χ1v) is 10.6. The number of ether oxygens (including phenoxy) is 1. The minimum Gasteiger partial charge on any atom is -0.379 e. The molecular weight excluding hydrogens is 403 g/mol. The number of rotatable bonds is 7. The van der Waals surface area contributed by atoms with Gasteiger partial charge in [0.1, 0.15) is 0 Å². The van der Waals surface area contributed by atoms with Crippen molar-refractivity contribution >= 4 is 40.9 Å². The molecule has 1 aliphatic rings. The molecule has 3 rings (SSSR count). The number of carbonyl (C=O) groups is 1. The number of halogens is 2. The van der Waals surface area contributed by atoms with E-state index in [-0.39, 0.29) is 17.7 Å². The number of morpholine rings is 1. The van der Waals surface area contributed by atoms with E-state index in [1.54, 1.807) is 18.2 Å². The molecule has 1 fully saturated rings. The largest absolute Gasteiger partial charge is 0.379 e. The van der Waals surface area contributed by atoms with Crippen LogP contribution in [0.2, 0.25) is 10.0 Å². The van der Waals surface area contributed by atoms with Gasteiger partial charge in [0.25, 0.3) is 0 Å². The van der Waals surface area contributed by atoms with Crippen LogP contribution in [0.3, 0.4) is 0 Å². The molecule has 0 bridgehead atoms. The van der Waals surface area contributed by atoms with E-state index in [0.29, 0.717) is 10.0 Å². The van der Waals surface area contributed by atoms with E-state index < -0.39 is 0 Å². The number of benzene rings is 2. The Hall–Kier alpha value is -1.24. The van der Waals surface area contributed by atoms with Crippen LogP contribution in [0, 0.1) is 0 Å². The van der Waals surface area contributed by atoms with E-state index in [9.17, 15) is 4.79 Å². The van der Waals surface area contributed by atoms with Crippen LogP contribution in [0.4, 0.5) is 0 Å². The highest BCUT2D eigenvalue weighted by molar-refractivity contribution is 8.00. The Balaban J connectivity index is 1.62. The Labute approximate surface area is 174 Å². The maximum atomic E-state index is 12.6. The summed E-state index contributed by atoms with van der Waals surface area (Å²) in [5, 5.41) is 4.38. The molecule has 0 spiro atoms. The van der Waals surface area contributed by atoms with Gasteiger partial charge in [-0.15, -0.1) is 11.8 Å². The number of nitrogens with one attached hydrogen (secondary N) is 1. The number of hydrogen-bond acceptors (Lipinski definition) is 4. The molecule has 2 aromatic carbocycles. The maximum Gasteiger partial charge on any atom is 0.230 e. The van der Waals surface area contributed by atoms with Crippen molar-refractivity contribution in [1.82, 2.24) is 10.2 Å². The number of amides is 1. The minimum atomic E-state index is -0.0627. The summed E-state index contributed by atoms with van der Waals surface area (Å²) < 4.78 is 5.42. The lowest BCUT2D eigenvalue weighted by atomic mass is 10.1. The van der Waals surface area contributed by atoms with Gasteiger partial charge in [-0.25, -0.2) is 0 Å². The van der Waals surface area contributed by atoms with Crippen LogP contribution in [0.5, 0.6) is 0 Å². The summed E-state index contributed by atoms with van der Waals surface area (Å²) in [6, 6.07) is 15.3. The van der Waals surface area contributed by atoms with Gasteiger partial charge in [-0.1, -0.05) is 53.5 Å². The van der Waals surface area contributed by atoms with Crippen molar-refractivity contribution in [3.63, 3.8) is 0 Å². The van der Waals surface area contributed by atoms with Gasteiger partial charge in [-0.3, -0.25) is 9.69 Å². The van der Waals surface area contributed by atoms with Gasteiger partial charge < -0.3 is 10.1 Å². The van der Waals surface area contributed by atoms with Gasteiger partial charge in [-0.2, -0.15) is 0 Å². The molecule has 1 aliphatic heterocycles. The van der Waals surface area contributed by atoms with Crippen molar-refractivity contribution in [3.05, 3.63) is 64.1 Å². The van der Waals surface area contributed by atoms with Gasteiger partial charge in [0, 0.05) is 29.6 Å². The molecule has 0 radical (unpaired) electrons. The average Bonchev–Trinajstić information content (AvgIpc) is 2.69. The fraction of sp³-hybridized carbons (Fsp3) is 0.350. The first-order chi connectivity index (χ1) is 13.1. The predicted octanol–water partition coefficient (Wildman–Crippen LogP) is 4.28. The molecule has 4 nitrogen and oxygen atoms in total. The van der Waals surface area contributed by atoms with Crippen molar-refractivity contribution in [1.29, 1.82) is 0 Å². The van der Waals surface area contributed by atoms with Crippen molar-refractivity contribution in [2.45, 2.75) is 10.9 Å². The van der Waals surface area contributed by atoms with Gasteiger partial charge >= 0.3 is 0 Å². The Morgan fingerprint density at radius 1 is 1.15 bits per heavy atom. The van der Waals surface area contributed by atoms with Crippen molar-refractivity contribution in [2.24, 2.45) is 0 Å². The summed E-state index contributed by atoms with van der Waals surface area (Å²) in [6.07, 6.45) is 0.